The van der Waals surface area contributed by atoms with Crippen molar-refractivity contribution in [3.8, 4) is 0 Å². The second-order valence-electron chi connectivity index (χ2n) is 6.88. The normalized spacial score (nSPS) is 14.6. The Bertz CT molecular complexity index is 797. The first-order valence-corrected chi connectivity index (χ1v) is 9.86. The van der Waals surface area contributed by atoms with Gasteiger partial charge in [-0.1, -0.05) is 31.2 Å². The fourth-order valence-electron chi connectivity index (χ4n) is 3.29. The molecule has 2 N–H and O–H groups in total. The van der Waals surface area contributed by atoms with Gasteiger partial charge in [0.15, 0.2) is 5.96 Å². The number of carbonyl (C=O) groups excluding carboxylic acids is 1. The third-order valence-electron chi connectivity index (χ3n) is 4.91. The molecule has 0 radical (unpaired) electrons. The number of likely N-dealkylation sites (tertiary alicyclic amines) is 1. The van der Waals surface area contributed by atoms with Crippen molar-refractivity contribution >= 4 is 11.9 Å². The molecule has 150 valence electrons. The van der Waals surface area contributed by atoms with E-state index < -0.39 is 0 Å². The topological polar surface area (TPSA) is 87.4 Å². The number of amides is 1. The minimum Gasteiger partial charge on any atom is -0.355 e. The summed E-state index contributed by atoms with van der Waals surface area (Å²) in [6.07, 6.45) is 4.29. The van der Waals surface area contributed by atoms with Gasteiger partial charge in [0.25, 0.3) is 0 Å². The Morgan fingerprint density at radius 1 is 1.21 bits per heavy atom. The molecular formula is C20H29N7O. The van der Waals surface area contributed by atoms with Gasteiger partial charge >= 0.3 is 0 Å². The van der Waals surface area contributed by atoms with Crippen molar-refractivity contribution in [1.82, 2.24) is 30.3 Å². The fraction of sp³-hybridized carbons (Fsp3) is 0.500. The summed E-state index contributed by atoms with van der Waals surface area (Å²) in [4.78, 5) is 17.9. The molecule has 1 fully saturated rings. The summed E-state index contributed by atoms with van der Waals surface area (Å²) in [6, 6.07) is 8.38. The summed E-state index contributed by atoms with van der Waals surface area (Å²) in [5.41, 5.74) is 2.34. The van der Waals surface area contributed by atoms with Gasteiger partial charge in [-0.2, -0.15) is 0 Å². The molecule has 0 spiro atoms. The summed E-state index contributed by atoms with van der Waals surface area (Å²) < 4.78 is 2.05. The molecule has 0 saturated carbocycles. The summed E-state index contributed by atoms with van der Waals surface area (Å²) in [7, 11) is 1.77. The van der Waals surface area contributed by atoms with Gasteiger partial charge in [0, 0.05) is 52.6 Å². The molecule has 0 atom stereocenters. The van der Waals surface area contributed by atoms with Crippen LogP contribution >= 0.6 is 0 Å². The summed E-state index contributed by atoms with van der Waals surface area (Å²) in [6.45, 7) is 5.88. The Morgan fingerprint density at radius 3 is 2.68 bits per heavy atom. The van der Waals surface area contributed by atoms with Crippen molar-refractivity contribution in [2.45, 2.75) is 45.8 Å². The highest BCUT2D eigenvalue weighted by molar-refractivity contribution is 5.79. The van der Waals surface area contributed by atoms with E-state index in [4.69, 9.17) is 0 Å². The number of guanidine groups is 1. The van der Waals surface area contributed by atoms with Crippen LogP contribution in [-0.4, -0.2) is 51.7 Å². The zero-order valence-corrected chi connectivity index (χ0v) is 16.7. The second-order valence-corrected chi connectivity index (χ2v) is 6.88. The van der Waals surface area contributed by atoms with Crippen LogP contribution in [0.3, 0.4) is 0 Å². The highest BCUT2D eigenvalue weighted by Gasteiger charge is 2.19. The summed E-state index contributed by atoms with van der Waals surface area (Å²) in [5.74, 6) is 2.01. The second kappa shape index (κ2) is 9.87. The highest BCUT2D eigenvalue weighted by atomic mass is 16.2. The van der Waals surface area contributed by atoms with Gasteiger partial charge in [-0.05, 0) is 17.5 Å². The molecule has 0 bridgehead atoms. The van der Waals surface area contributed by atoms with Crippen LogP contribution in [0.4, 0.5) is 0 Å². The molecule has 1 aromatic carbocycles. The summed E-state index contributed by atoms with van der Waals surface area (Å²) in [5, 5.41) is 14.7. The van der Waals surface area contributed by atoms with E-state index in [0.29, 0.717) is 19.5 Å². The summed E-state index contributed by atoms with van der Waals surface area (Å²) >= 11 is 0. The SMILES string of the molecule is CCc1nncn1CCNC(=NC)NCc1ccc(CN2CCCC2=O)cc1. The third kappa shape index (κ3) is 5.31. The van der Waals surface area contributed by atoms with Gasteiger partial charge < -0.3 is 20.1 Å². The number of rotatable bonds is 8. The zero-order valence-electron chi connectivity index (χ0n) is 16.7. The van der Waals surface area contributed by atoms with Crippen molar-refractivity contribution in [2.75, 3.05) is 20.1 Å². The van der Waals surface area contributed by atoms with Crippen LogP contribution in [0.5, 0.6) is 0 Å². The Hall–Kier alpha value is -2.90. The van der Waals surface area contributed by atoms with Crippen LogP contribution < -0.4 is 10.6 Å². The Kier molecular flexibility index (Phi) is 7.00. The van der Waals surface area contributed by atoms with Crippen molar-refractivity contribution in [2.24, 2.45) is 4.99 Å². The highest BCUT2D eigenvalue weighted by Crippen LogP contribution is 2.14. The van der Waals surface area contributed by atoms with E-state index in [1.807, 2.05) is 9.47 Å². The molecule has 2 aromatic rings. The van der Waals surface area contributed by atoms with Crippen LogP contribution in [0.15, 0.2) is 35.6 Å². The van der Waals surface area contributed by atoms with E-state index in [-0.39, 0.29) is 5.91 Å². The monoisotopic (exact) mass is 383 g/mol. The van der Waals surface area contributed by atoms with Crippen molar-refractivity contribution in [1.29, 1.82) is 0 Å². The van der Waals surface area contributed by atoms with Crippen LogP contribution in [0.2, 0.25) is 0 Å². The Morgan fingerprint density at radius 2 is 2.00 bits per heavy atom. The molecule has 28 heavy (non-hydrogen) atoms. The number of aliphatic imine (C=N–C) groups is 1. The van der Waals surface area contributed by atoms with Gasteiger partial charge in [-0.25, -0.2) is 0 Å². The predicted molar refractivity (Wildman–Crippen MR) is 109 cm³/mol. The first-order valence-electron chi connectivity index (χ1n) is 9.86. The fourth-order valence-corrected chi connectivity index (χ4v) is 3.29. The van der Waals surface area contributed by atoms with Crippen LogP contribution in [0.25, 0.3) is 0 Å². The maximum atomic E-state index is 11.7. The lowest BCUT2D eigenvalue weighted by molar-refractivity contribution is -0.128. The van der Waals surface area contributed by atoms with E-state index in [0.717, 1.165) is 44.3 Å². The minimum atomic E-state index is 0.262. The molecule has 2 heterocycles. The molecule has 8 nitrogen and oxygen atoms in total. The van der Waals surface area contributed by atoms with E-state index in [1.54, 1.807) is 13.4 Å². The van der Waals surface area contributed by atoms with Gasteiger partial charge in [-0.15, -0.1) is 10.2 Å². The van der Waals surface area contributed by atoms with Crippen molar-refractivity contribution < 1.29 is 4.79 Å². The number of aryl methyl sites for hydroxylation is 1. The Balaban J connectivity index is 1.42. The van der Waals surface area contributed by atoms with Gasteiger partial charge in [0.2, 0.25) is 5.91 Å². The van der Waals surface area contributed by atoms with Crippen LogP contribution in [0.1, 0.15) is 36.7 Å². The number of hydrogen-bond acceptors (Lipinski definition) is 4. The van der Waals surface area contributed by atoms with E-state index >= 15 is 0 Å². The first-order chi connectivity index (χ1) is 13.7. The molecule has 8 heteroatoms. The van der Waals surface area contributed by atoms with E-state index in [9.17, 15) is 4.79 Å². The van der Waals surface area contributed by atoms with Crippen molar-refractivity contribution in [3.63, 3.8) is 0 Å². The maximum Gasteiger partial charge on any atom is 0.222 e. The Labute approximate surface area is 166 Å². The van der Waals surface area contributed by atoms with E-state index in [1.165, 1.54) is 11.1 Å². The molecule has 1 aromatic heterocycles. The smallest absolute Gasteiger partial charge is 0.222 e. The predicted octanol–water partition coefficient (Wildman–Crippen LogP) is 1.33. The number of carbonyl (C=O) groups is 1. The number of hydrogen-bond donors (Lipinski definition) is 2. The molecular weight excluding hydrogens is 354 g/mol. The lowest BCUT2D eigenvalue weighted by atomic mass is 10.1. The molecule has 0 unspecified atom stereocenters. The zero-order chi connectivity index (χ0) is 19.8. The molecule has 1 saturated heterocycles. The lowest BCUT2D eigenvalue weighted by Crippen LogP contribution is -2.38. The number of nitrogens with one attached hydrogen (secondary N) is 2. The third-order valence-corrected chi connectivity index (χ3v) is 4.91. The lowest BCUT2D eigenvalue weighted by Gasteiger charge is -2.16. The number of nitrogens with zero attached hydrogens (tertiary/aromatic N) is 5. The molecule has 1 aliphatic rings. The van der Waals surface area contributed by atoms with Gasteiger partial charge in [-0.3, -0.25) is 9.79 Å². The van der Waals surface area contributed by atoms with Crippen molar-refractivity contribution in [3.05, 3.63) is 47.5 Å². The van der Waals surface area contributed by atoms with Gasteiger partial charge in [0.1, 0.15) is 12.2 Å². The quantitative estimate of drug-likeness (QED) is 0.530. The molecule has 3 rings (SSSR count). The largest absolute Gasteiger partial charge is 0.355 e. The molecule has 0 aliphatic carbocycles. The van der Waals surface area contributed by atoms with E-state index in [2.05, 4.69) is 57.0 Å². The first kappa shape index (κ1) is 19.9. The average Bonchev–Trinajstić information content (AvgIpc) is 3.34. The molecule has 1 aliphatic heterocycles. The van der Waals surface area contributed by atoms with Crippen LogP contribution in [0, 0.1) is 0 Å². The maximum absolute atomic E-state index is 11.7. The van der Waals surface area contributed by atoms with Crippen LogP contribution in [-0.2, 0) is 30.8 Å². The minimum absolute atomic E-state index is 0.262. The standard InChI is InChI=1S/C20H29N7O/c1-3-18-25-24-15-27(18)12-10-22-20(21-2)23-13-16-6-8-17(9-7-16)14-26-11-4-5-19(26)28/h6-9,15H,3-5,10-14H2,1-2H3,(H2,21,22,23). The number of aromatic nitrogens is 3. The number of benzene rings is 1. The average molecular weight is 384 g/mol. The molecule has 1 amide bonds. The van der Waals surface area contributed by atoms with Gasteiger partial charge in [0.05, 0.1) is 0 Å².